The topological polar surface area (TPSA) is 105 Å². The molecule has 0 fully saturated rings. The molecule has 0 spiro atoms. The van der Waals surface area contributed by atoms with Gasteiger partial charge in [-0.25, -0.2) is 4.79 Å². The van der Waals surface area contributed by atoms with Crippen LogP contribution in [-0.2, 0) is 6.54 Å². The van der Waals surface area contributed by atoms with Crippen LogP contribution in [0.1, 0.15) is 121 Å². The van der Waals surface area contributed by atoms with E-state index in [4.69, 9.17) is 14.0 Å². The number of aromatic nitrogens is 5. The lowest BCUT2D eigenvalue weighted by Gasteiger charge is -2.06. The van der Waals surface area contributed by atoms with Crippen molar-refractivity contribution in [3.63, 3.8) is 0 Å². The average Bonchev–Trinajstić information content (AvgIpc) is 3.75. The molecule has 0 saturated carbocycles. The first-order chi connectivity index (χ1) is 22.2. The zero-order chi connectivity index (χ0) is 31.5. The van der Waals surface area contributed by atoms with Crippen LogP contribution in [0.25, 0.3) is 22.7 Å². The predicted octanol–water partition coefficient (Wildman–Crippen LogP) is 9.48. The van der Waals surface area contributed by atoms with Gasteiger partial charge >= 0.3 is 5.97 Å². The molecule has 0 N–H and O–H groups in total. The lowest BCUT2D eigenvalue weighted by atomic mass is 10.1. The van der Waals surface area contributed by atoms with E-state index in [0.717, 1.165) is 36.3 Å². The van der Waals surface area contributed by atoms with Crippen LogP contribution in [0.4, 0.5) is 0 Å². The van der Waals surface area contributed by atoms with Crippen molar-refractivity contribution in [1.82, 2.24) is 25.4 Å². The van der Waals surface area contributed by atoms with Crippen LogP contribution in [0.3, 0.4) is 0 Å². The maximum absolute atomic E-state index is 12.7. The first-order valence-corrected chi connectivity index (χ1v) is 17.0. The number of ether oxygens (including phenoxy) is 2. The summed E-state index contributed by atoms with van der Waals surface area (Å²) in [5.74, 6) is 1.64. The minimum Gasteiger partial charge on any atom is -0.494 e. The van der Waals surface area contributed by atoms with Crippen molar-refractivity contribution in [3.05, 3.63) is 60.3 Å². The maximum Gasteiger partial charge on any atom is 0.365 e. The Morgan fingerprint density at radius 2 is 1.29 bits per heavy atom. The standard InChI is InChI=1S/C36H49N5O4/c1-3-5-7-9-11-13-15-17-27-43-31-22-18-29(19-23-31)34-28-33(39-45-34)36(42)44-32-24-20-30(21-25-32)35-37-40-41(38-35)26-16-14-12-10-8-6-4-2/h18-25,28H,3-17,26-27H2,1-2H3. The number of rotatable bonds is 22. The van der Waals surface area contributed by atoms with E-state index >= 15 is 0 Å². The molecule has 4 rings (SSSR count). The summed E-state index contributed by atoms with van der Waals surface area (Å²) in [6, 6.07) is 16.2. The minimum atomic E-state index is -0.596. The molecule has 0 saturated heterocycles. The number of hydrogen-bond acceptors (Lipinski definition) is 8. The lowest BCUT2D eigenvalue weighted by Crippen LogP contribution is -2.08. The number of unbranched alkanes of at least 4 members (excludes halogenated alkanes) is 13. The van der Waals surface area contributed by atoms with Crippen LogP contribution in [0.2, 0.25) is 0 Å². The van der Waals surface area contributed by atoms with E-state index in [-0.39, 0.29) is 5.69 Å². The second-order valence-electron chi connectivity index (χ2n) is 11.7. The zero-order valence-corrected chi connectivity index (χ0v) is 27.1. The third-order valence-corrected chi connectivity index (χ3v) is 7.86. The van der Waals surface area contributed by atoms with Gasteiger partial charge in [0.15, 0.2) is 11.5 Å². The Kier molecular flexibility index (Phi) is 14.6. The van der Waals surface area contributed by atoms with Gasteiger partial charge in [0.25, 0.3) is 0 Å². The molecule has 0 aliphatic carbocycles. The number of esters is 1. The van der Waals surface area contributed by atoms with Gasteiger partial charge in [-0.15, -0.1) is 10.2 Å². The molecule has 4 aromatic rings. The second-order valence-corrected chi connectivity index (χ2v) is 11.7. The number of nitrogens with zero attached hydrogens (tertiary/aromatic N) is 5. The lowest BCUT2D eigenvalue weighted by molar-refractivity contribution is 0.0724. The summed E-state index contributed by atoms with van der Waals surface area (Å²) in [6.07, 6.45) is 18.8. The Hall–Kier alpha value is -4.01. The number of benzene rings is 2. The first-order valence-electron chi connectivity index (χ1n) is 17.0. The summed E-state index contributed by atoms with van der Waals surface area (Å²) in [4.78, 5) is 14.4. The Labute approximate surface area is 267 Å². The highest BCUT2D eigenvalue weighted by Crippen LogP contribution is 2.25. The molecular formula is C36H49N5O4. The van der Waals surface area contributed by atoms with Crippen LogP contribution in [0, 0.1) is 0 Å². The predicted molar refractivity (Wildman–Crippen MR) is 176 cm³/mol. The smallest absolute Gasteiger partial charge is 0.365 e. The molecule has 0 bridgehead atoms. The summed E-state index contributed by atoms with van der Waals surface area (Å²) in [6.45, 7) is 5.95. The van der Waals surface area contributed by atoms with Crippen molar-refractivity contribution < 1.29 is 18.8 Å². The number of carbonyl (C=O) groups is 1. The highest BCUT2D eigenvalue weighted by Gasteiger charge is 2.17. The van der Waals surface area contributed by atoms with E-state index in [1.807, 2.05) is 36.4 Å². The van der Waals surface area contributed by atoms with Gasteiger partial charge < -0.3 is 14.0 Å². The van der Waals surface area contributed by atoms with Crippen LogP contribution in [0.5, 0.6) is 11.5 Å². The molecule has 2 aromatic heterocycles. The third kappa shape index (κ3) is 11.8. The summed E-state index contributed by atoms with van der Waals surface area (Å²) >= 11 is 0. The van der Waals surface area contributed by atoms with Crippen molar-refractivity contribution in [2.24, 2.45) is 0 Å². The number of tetrazole rings is 1. The molecule has 9 nitrogen and oxygen atoms in total. The summed E-state index contributed by atoms with van der Waals surface area (Å²) in [7, 11) is 0. The molecule has 0 aliphatic rings. The van der Waals surface area contributed by atoms with Gasteiger partial charge in [0, 0.05) is 17.2 Å². The Bertz CT molecular complexity index is 1380. The zero-order valence-electron chi connectivity index (χ0n) is 27.1. The SMILES string of the molecule is CCCCCCCCCCOc1ccc(-c2cc(C(=O)Oc3ccc(-c4nnn(CCCCCCCCC)n4)cc3)no2)cc1. The monoisotopic (exact) mass is 615 g/mol. The van der Waals surface area contributed by atoms with E-state index in [0.29, 0.717) is 23.9 Å². The Balaban J connectivity index is 1.17. The van der Waals surface area contributed by atoms with Crippen molar-refractivity contribution in [2.75, 3.05) is 6.61 Å². The van der Waals surface area contributed by atoms with Crippen LogP contribution in [-0.4, -0.2) is 37.9 Å². The molecule has 0 amide bonds. The normalized spacial score (nSPS) is 11.2. The molecule has 0 atom stereocenters. The molecule has 0 unspecified atom stereocenters. The van der Waals surface area contributed by atoms with Gasteiger partial charge in [0.05, 0.1) is 13.2 Å². The van der Waals surface area contributed by atoms with E-state index < -0.39 is 5.97 Å². The van der Waals surface area contributed by atoms with Gasteiger partial charge in [0.1, 0.15) is 11.5 Å². The molecule has 242 valence electrons. The highest BCUT2D eigenvalue weighted by molar-refractivity contribution is 5.90. The fourth-order valence-electron chi connectivity index (χ4n) is 5.14. The number of aryl methyl sites for hydroxylation is 1. The first kappa shape index (κ1) is 33.9. The largest absolute Gasteiger partial charge is 0.494 e. The van der Waals surface area contributed by atoms with E-state index in [9.17, 15) is 4.79 Å². The van der Waals surface area contributed by atoms with Crippen LogP contribution >= 0.6 is 0 Å². The van der Waals surface area contributed by atoms with Crippen molar-refractivity contribution in [1.29, 1.82) is 0 Å². The fraction of sp³-hybridized carbons (Fsp3) is 0.528. The molecule has 2 heterocycles. The minimum absolute atomic E-state index is 0.0964. The third-order valence-electron chi connectivity index (χ3n) is 7.86. The second kappa shape index (κ2) is 19.4. The summed E-state index contributed by atoms with van der Waals surface area (Å²) in [5, 5.41) is 16.8. The van der Waals surface area contributed by atoms with Crippen LogP contribution < -0.4 is 9.47 Å². The molecule has 0 radical (unpaired) electrons. The van der Waals surface area contributed by atoms with Gasteiger partial charge in [-0.1, -0.05) is 102 Å². The average molecular weight is 616 g/mol. The summed E-state index contributed by atoms with van der Waals surface area (Å²) < 4.78 is 16.8. The van der Waals surface area contributed by atoms with E-state index in [2.05, 4.69) is 34.4 Å². The van der Waals surface area contributed by atoms with Gasteiger partial charge in [-0.2, -0.15) is 4.80 Å². The molecular weight excluding hydrogens is 566 g/mol. The summed E-state index contributed by atoms with van der Waals surface area (Å²) in [5.41, 5.74) is 1.70. The molecule has 45 heavy (non-hydrogen) atoms. The Morgan fingerprint density at radius 3 is 1.96 bits per heavy atom. The van der Waals surface area contributed by atoms with Gasteiger partial charge in [-0.05, 0) is 66.6 Å². The Morgan fingerprint density at radius 1 is 0.711 bits per heavy atom. The highest BCUT2D eigenvalue weighted by atomic mass is 16.5. The number of carbonyl (C=O) groups excluding carboxylic acids is 1. The molecule has 9 heteroatoms. The van der Waals surface area contributed by atoms with Crippen molar-refractivity contribution in [3.8, 4) is 34.2 Å². The number of hydrogen-bond donors (Lipinski definition) is 0. The van der Waals surface area contributed by atoms with E-state index in [1.165, 1.54) is 83.5 Å². The van der Waals surface area contributed by atoms with Crippen molar-refractivity contribution >= 4 is 5.97 Å². The quantitative estimate of drug-likeness (QED) is 0.0489. The van der Waals surface area contributed by atoms with Gasteiger partial charge in [-0.3, -0.25) is 0 Å². The van der Waals surface area contributed by atoms with E-state index in [1.54, 1.807) is 23.0 Å². The molecule has 2 aromatic carbocycles. The van der Waals surface area contributed by atoms with Crippen molar-refractivity contribution in [2.45, 2.75) is 117 Å². The van der Waals surface area contributed by atoms with Crippen LogP contribution in [0.15, 0.2) is 59.1 Å². The maximum atomic E-state index is 12.7. The van der Waals surface area contributed by atoms with Gasteiger partial charge in [0.2, 0.25) is 5.82 Å². The molecule has 0 aliphatic heterocycles. The fourth-order valence-corrected chi connectivity index (χ4v) is 5.14.